The first-order chi connectivity index (χ1) is 11.9. The highest BCUT2D eigenvalue weighted by Crippen LogP contribution is 2.35. The van der Waals surface area contributed by atoms with E-state index in [9.17, 15) is 18.4 Å². The van der Waals surface area contributed by atoms with Gasteiger partial charge in [-0.05, 0) is 63.6 Å². The van der Waals surface area contributed by atoms with E-state index in [1.54, 1.807) is 0 Å². The van der Waals surface area contributed by atoms with Crippen molar-refractivity contribution in [1.82, 2.24) is 4.90 Å². The van der Waals surface area contributed by atoms with Crippen LogP contribution in [0.1, 0.15) is 11.1 Å². The molecule has 0 radical (unpaired) electrons. The van der Waals surface area contributed by atoms with Crippen LogP contribution < -0.4 is 0 Å². The summed E-state index contributed by atoms with van der Waals surface area (Å²) in [6, 6.07) is 8.39. The van der Waals surface area contributed by atoms with E-state index in [4.69, 9.17) is 11.6 Å². The van der Waals surface area contributed by atoms with Crippen molar-refractivity contribution in [3.63, 3.8) is 0 Å². The van der Waals surface area contributed by atoms with Crippen LogP contribution in [0, 0.1) is 11.6 Å². The first kappa shape index (κ1) is 18.1. The van der Waals surface area contributed by atoms with Crippen molar-refractivity contribution in [3.8, 4) is 0 Å². The van der Waals surface area contributed by atoms with Gasteiger partial charge in [-0.25, -0.2) is 8.78 Å². The molecule has 2 aromatic rings. The van der Waals surface area contributed by atoms with Gasteiger partial charge in [0.2, 0.25) is 0 Å². The smallest absolute Gasteiger partial charge is 0.268 e. The van der Waals surface area contributed by atoms with Gasteiger partial charge in [0.1, 0.15) is 11.6 Å². The summed E-state index contributed by atoms with van der Waals surface area (Å²) < 4.78 is 27.4. The normalized spacial score (nSPS) is 16.2. The summed E-state index contributed by atoms with van der Waals surface area (Å²) in [6.07, 6.45) is 1.48. The topological polar surface area (TPSA) is 37.4 Å². The summed E-state index contributed by atoms with van der Waals surface area (Å²) in [5.41, 5.74) is 0.639. The van der Waals surface area contributed by atoms with Gasteiger partial charge in [-0.2, -0.15) is 0 Å². The van der Waals surface area contributed by atoms with E-state index in [2.05, 4.69) is 15.9 Å². The van der Waals surface area contributed by atoms with Crippen molar-refractivity contribution in [2.24, 2.45) is 0 Å². The maximum absolute atomic E-state index is 13.9. The molecule has 0 bridgehead atoms. The highest BCUT2D eigenvalue weighted by atomic mass is 79.9. The number of carbonyl (C=O) groups excluding carboxylic acids is 2. The molecule has 0 spiro atoms. The van der Waals surface area contributed by atoms with Gasteiger partial charge in [-0.1, -0.05) is 23.7 Å². The average molecular weight is 445 g/mol. The molecule has 25 heavy (non-hydrogen) atoms. The largest absolute Gasteiger partial charge is 0.293 e. The van der Waals surface area contributed by atoms with Gasteiger partial charge in [0.15, 0.2) is 0 Å². The maximum atomic E-state index is 13.9. The molecule has 1 aliphatic heterocycles. The third-order valence-corrected chi connectivity index (χ3v) is 5.36. The lowest BCUT2D eigenvalue weighted by Crippen LogP contribution is -2.28. The Hall–Kier alpha value is -1.70. The van der Waals surface area contributed by atoms with Gasteiger partial charge in [0.25, 0.3) is 11.1 Å². The molecule has 0 atom stereocenters. The van der Waals surface area contributed by atoms with Crippen LogP contribution in [-0.2, 0) is 11.3 Å². The summed E-state index contributed by atoms with van der Waals surface area (Å²) in [7, 11) is 0. The van der Waals surface area contributed by atoms with Crippen molar-refractivity contribution in [2.45, 2.75) is 6.54 Å². The Labute approximate surface area is 159 Å². The third-order valence-electron chi connectivity index (χ3n) is 3.49. The molecule has 2 amide bonds. The number of rotatable bonds is 3. The zero-order valence-electron chi connectivity index (χ0n) is 12.4. The molecule has 2 aromatic carbocycles. The first-order valence-electron chi connectivity index (χ1n) is 7.00. The number of halogens is 4. The van der Waals surface area contributed by atoms with E-state index in [1.807, 2.05) is 0 Å². The van der Waals surface area contributed by atoms with Crippen molar-refractivity contribution < 1.29 is 18.4 Å². The fraction of sp³-hybridized carbons (Fsp3) is 0.0588. The minimum atomic E-state index is -0.585. The summed E-state index contributed by atoms with van der Waals surface area (Å²) in [5, 5.41) is -0.373. The molecule has 0 unspecified atom stereocenters. The Kier molecular flexibility index (Phi) is 5.27. The quantitative estimate of drug-likeness (QED) is 0.577. The van der Waals surface area contributed by atoms with Gasteiger partial charge >= 0.3 is 0 Å². The standard InChI is InChI=1S/C17H9BrClF2NO2S/c18-11-6-9(4-5-14(11)21)7-15-16(23)22(17(24)25-15)8-10-12(19)2-1-3-13(10)20/h1-7H,8H2. The minimum absolute atomic E-state index is 0.0808. The van der Waals surface area contributed by atoms with Gasteiger partial charge in [0, 0.05) is 10.6 Å². The number of benzene rings is 2. The van der Waals surface area contributed by atoms with Crippen LogP contribution in [0.4, 0.5) is 13.6 Å². The Morgan fingerprint density at radius 2 is 1.92 bits per heavy atom. The number of thioether (sulfide) groups is 1. The molecule has 3 rings (SSSR count). The summed E-state index contributed by atoms with van der Waals surface area (Å²) in [4.78, 5) is 25.7. The van der Waals surface area contributed by atoms with E-state index < -0.39 is 22.8 Å². The number of imide groups is 1. The third kappa shape index (κ3) is 3.78. The van der Waals surface area contributed by atoms with Crippen molar-refractivity contribution in [2.75, 3.05) is 0 Å². The monoisotopic (exact) mass is 443 g/mol. The van der Waals surface area contributed by atoms with Crippen molar-refractivity contribution >= 4 is 56.5 Å². The van der Waals surface area contributed by atoms with E-state index in [1.165, 1.54) is 42.5 Å². The lowest BCUT2D eigenvalue weighted by atomic mass is 10.2. The minimum Gasteiger partial charge on any atom is -0.268 e. The molecule has 0 aromatic heterocycles. The summed E-state index contributed by atoms with van der Waals surface area (Å²) in [6.45, 7) is -0.249. The molecule has 1 aliphatic rings. The molecule has 0 saturated carbocycles. The van der Waals surface area contributed by atoms with Crippen molar-refractivity contribution in [3.05, 3.63) is 73.6 Å². The molecule has 0 aliphatic carbocycles. The van der Waals surface area contributed by atoms with Gasteiger partial charge in [0.05, 0.1) is 15.9 Å². The van der Waals surface area contributed by atoms with Gasteiger partial charge < -0.3 is 0 Å². The fourth-order valence-electron chi connectivity index (χ4n) is 2.23. The SMILES string of the molecule is O=C1SC(=Cc2ccc(F)c(Br)c2)C(=O)N1Cc1c(F)cccc1Cl. The van der Waals surface area contributed by atoms with Gasteiger partial charge in [-0.3, -0.25) is 14.5 Å². The van der Waals surface area contributed by atoms with Gasteiger partial charge in [-0.15, -0.1) is 0 Å². The highest BCUT2D eigenvalue weighted by molar-refractivity contribution is 9.10. The molecular weight excluding hydrogens is 436 g/mol. The molecule has 128 valence electrons. The second-order valence-corrected chi connectivity index (χ2v) is 7.40. The maximum Gasteiger partial charge on any atom is 0.293 e. The average Bonchev–Trinajstić information content (AvgIpc) is 2.81. The van der Waals surface area contributed by atoms with Crippen molar-refractivity contribution in [1.29, 1.82) is 0 Å². The predicted molar refractivity (Wildman–Crippen MR) is 97.0 cm³/mol. The number of hydrogen-bond acceptors (Lipinski definition) is 3. The molecule has 1 saturated heterocycles. The number of amides is 2. The lowest BCUT2D eigenvalue weighted by molar-refractivity contribution is -0.123. The lowest BCUT2D eigenvalue weighted by Gasteiger charge is -2.14. The number of carbonyl (C=O) groups is 2. The van der Waals surface area contributed by atoms with Crippen LogP contribution >= 0.6 is 39.3 Å². The zero-order chi connectivity index (χ0) is 18.1. The molecule has 1 fully saturated rings. The first-order valence-corrected chi connectivity index (χ1v) is 8.99. The predicted octanol–water partition coefficient (Wildman–Crippen LogP) is 5.62. The molecule has 3 nitrogen and oxygen atoms in total. The van der Waals surface area contributed by atoms with Crippen LogP contribution in [0.5, 0.6) is 0 Å². The number of nitrogens with zero attached hydrogens (tertiary/aromatic N) is 1. The molecule has 0 N–H and O–H groups in total. The molecule has 8 heteroatoms. The Balaban J connectivity index is 1.87. The van der Waals surface area contributed by atoms with E-state index in [-0.39, 0.29) is 26.5 Å². The summed E-state index contributed by atoms with van der Waals surface area (Å²) >= 11 is 9.76. The molecule has 1 heterocycles. The Morgan fingerprint density at radius 1 is 1.16 bits per heavy atom. The fourth-order valence-corrected chi connectivity index (χ4v) is 3.69. The highest BCUT2D eigenvalue weighted by Gasteiger charge is 2.35. The van der Waals surface area contributed by atoms with E-state index in [0.29, 0.717) is 5.56 Å². The number of hydrogen-bond donors (Lipinski definition) is 0. The second kappa shape index (κ2) is 7.27. The van der Waals surface area contributed by atoms with E-state index >= 15 is 0 Å². The zero-order valence-corrected chi connectivity index (χ0v) is 15.6. The van der Waals surface area contributed by atoms with Crippen LogP contribution in [0.2, 0.25) is 5.02 Å². The van der Waals surface area contributed by atoms with E-state index in [0.717, 1.165) is 16.7 Å². The van der Waals surface area contributed by atoms with Crippen LogP contribution in [-0.4, -0.2) is 16.0 Å². The van der Waals surface area contributed by atoms with Crippen LogP contribution in [0.25, 0.3) is 6.08 Å². The second-order valence-electron chi connectivity index (χ2n) is 5.14. The van der Waals surface area contributed by atoms with Crippen LogP contribution in [0.3, 0.4) is 0 Å². The molecular formula is C17H9BrClF2NO2S. The Bertz CT molecular complexity index is 899. The van der Waals surface area contributed by atoms with Crippen LogP contribution in [0.15, 0.2) is 45.8 Å². The Morgan fingerprint density at radius 3 is 2.60 bits per heavy atom. The summed E-state index contributed by atoms with van der Waals surface area (Å²) in [5.74, 6) is -1.56.